The van der Waals surface area contributed by atoms with Crippen molar-refractivity contribution < 1.29 is 5.11 Å². The van der Waals surface area contributed by atoms with Crippen LogP contribution in [0.5, 0.6) is 0 Å². The Hall–Kier alpha value is -2.13. The summed E-state index contributed by atoms with van der Waals surface area (Å²) in [5, 5.41) is 10.4. The molecule has 0 aliphatic heterocycles. The van der Waals surface area contributed by atoms with Crippen molar-refractivity contribution in [2.24, 2.45) is 7.05 Å². The number of aliphatic hydroxyl groups excluding tert-OH is 1. The van der Waals surface area contributed by atoms with Gasteiger partial charge >= 0.3 is 0 Å². The fourth-order valence-corrected chi connectivity index (χ4v) is 2.19. The Morgan fingerprint density at radius 2 is 1.67 bits per heavy atom. The fraction of sp³-hybridized carbons (Fsp3) is 0.133. The first-order valence-corrected chi connectivity index (χ1v) is 5.92. The molecule has 3 aromatic rings. The van der Waals surface area contributed by atoms with E-state index in [0.717, 1.165) is 16.6 Å². The van der Waals surface area contributed by atoms with E-state index < -0.39 is 6.10 Å². The van der Waals surface area contributed by atoms with Gasteiger partial charge in [-0.1, -0.05) is 42.5 Å². The normalized spacial score (nSPS) is 12.8. The highest BCUT2D eigenvalue weighted by atomic mass is 16.3. The van der Waals surface area contributed by atoms with Gasteiger partial charge in [0.25, 0.3) is 0 Å². The Morgan fingerprint density at radius 1 is 1.00 bits per heavy atom. The van der Waals surface area contributed by atoms with Crippen LogP contribution in [0, 0.1) is 0 Å². The molecule has 18 heavy (non-hydrogen) atoms. The minimum atomic E-state index is -0.691. The number of aromatic nitrogens is 2. The molecule has 0 aliphatic carbocycles. The molecule has 0 radical (unpaired) electrons. The molecule has 1 aromatic heterocycles. The van der Waals surface area contributed by atoms with E-state index in [0.29, 0.717) is 5.82 Å². The molecule has 1 unspecified atom stereocenters. The fourth-order valence-electron chi connectivity index (χ4n) is 2.19. The van der Waals surface area contributed by atoms with Crippen LogP contribution in [0.2, 0.25) is 0 Å². The molecule has 3 nitrogen and oxygen atoms in total. The summed E-state index contributed by atoms with van der Waals surface area (Å²) in [5.74, 6) is 0.669. The highest BCUT2D eigenvalue weighted by molar-refractivity contribution is 5.75. The maximum atomic E-state index is 10.4. The number of fused-ring (bicyclic) bond motifs is 1. The van der Waals surface area contributed by atoms with E-state index in [9.17, 15) is 5.11 Å². The first-order chi connectivity index (χ1) is 8.77. The molecule has 3 rings (SSSR count). The predicted octanol–water partition coefficient (Wildman–Crippen LogP) is 2.66. The van der Waals surface area contributed by atoms with E-state index in [1.54, 1.807) is 0 Å². The molecule has 2 aromatic carbocycles. The SMILES string of the molecule is Cn1c(C(O)c2ccccc2)nc2ccccc21. The lowest BCUT2D eigenvalue weighted by molar-refractivity contribution is 0.207. The Balaban J connectivity index is 2.12. The molecule has 0 bridgehead atoms. The molecular weight excluding hydrogens is 224 g/mol. The topological polar surface area (TPSA) is 38.0 Å². The van der Waals surface area contributed by atoms with Crippen molar-refractivity contribution in [3.63, 3.8) is 0 Å². The Bertz CT molecular complexity index is 673. The van der Waals surface area contributed by atoms with Crippen molar-refractivity contribution in [1.29, 1.82) is 0 Å². The van der Waals surface area contributed by atoms with Crippen molar-refractivity contribution in [3.05, 3.63) is 66.0 Å². The van der Waals surface area contributed by atoms with Crippen molar-refractivity contribution in [1.82, 2.24) is 9.55 Å². The third-order valence-electron chi connectivity index (χ3n) is 3.18. The van der Waals surface area contributed by atoms with Crippen molar-refractivity contribution in [2.45, 2.75) is 6.10 Å². The third-order valence-corrected chi connectivity index (χ3v) is 3.18. The van der Waals surface area contributed by atoms with Crippen molar-refractivity contribution in [2.75, 3.05) is 0 Å². The molecule has 0 fully saturated rings. The van der Waals surface area contributed by atoms with Crippen LogP contribution in [0.1, 0.15) is 17.5 Å². The summed E-state index contributed by atoms with van der Waals surface area (Å²) in [6, 6.07) is 17.5. The number of rotatable bonds is 2. The van der Waals surface area contributed by atoms with E-state index in [1.165, 1.54) is 0 Å². The Labute approximate surface area is 105 Å². The van der Waals surface area contributed by atoms with Gasteiger partial charge in [-0.15, -0.1) is 0 Å². The average molecular weight is 238 g/mol. The third kappa shape index (κ3) is 1.69. The van der Waals surface area contributed by atoms with Gasteiger partial charge in [-0.25, -0.2) is 4.98 Å². The van der Waals surface area contributed by atoms with Gasteiger partial charge in [-0.05, 0) is 17.7 Å². The van der Waals surface area contributed by atoms with Gasteiger partial charge in [0.05, 0.1) is 11.0 Å². The van der Waals surface area contributed by atoms with Gasteiger partial charge in [0.1, 0.15) is 11.9 Å². The van der Waals surface area contributed by atoms with Crippen LogP contribution in [-0.4, -0.2) is 14.7 Å². The van der Waals surface area contributed by atoms with E-state index in [-0.39, 0.29) is 0 Å². The highest BCUT2D eigenvalue weighted by Gasteiger charge is 2.17. The quantitative estimate of drug-likeness (QED) is 0.745. The van der Waals surface area contributed by atoms with Crippen LogP contribution in [0.3, 0.4) is 0 Å². The number of imidazole rings is 1. The molecule has 0 spiro atoms. The van der Waals surface area contributed by atoms with Gasteiger partial charge in [0, 0.05) is 7.05 Å². The second-order valence-corrected chi connectivity index (χ2v) is 4.33. The summed E-state index contributed by atoms with van der Waals surface area (Å²) in [6.45, 7) is 0. The molecule has 0 saturated heterocycles. The van der Waals surface area contributed by atoms with E-state index in [1.807, 2.05) is 66.2 Å². The summed E-state index contributed by atoms with van der Waals surface area (Å²) in [5.41, 5.74) is 2.79. The number of benzene rings is 2. The first kappa shape index (κ1) is 11.0. The zero-order chi connectivity index (χ0) is 12.5. The van der Waals surface area contributed by atoms with Crippen LogP contribution in [-0.2, 0) is 7.05 Å². The number of nitrogens with zero attached hydrogens (tertiary/aromatic N) is 2. The summed E-state index contributed by atoms with van der Waals surface area (Å²) in [6.07, 6.45) is -0.691. The Kier molecular flexibility index (Phi) is 2.61. The second-order valence-electron chi connectivity index (χ2n) is 4.33. The van der Waals surface area contributed by atoms with Gasteiger partial charge in [-0.3, -0.25) is 0 Å². The molecular formula is C15H14N2O. The Morgan fingerprint density at radius 3 is 2.39 bits per heavy atom. The summed E-state index contributed by atoms with van der Waals surface area (Å²) in [7, 11) is 1.93. The lowest BCUT2D eigenvalue weighted by atomic mass is 10.1. The monoisotopic (exact) mass is 238 g/mol. The maximum absolute atomic E-state index is 10.4. The van der Waals surface area contributed by atoms with Crippen LogP contribution >= 0.6 is 0 Å². The van der Waals surface area contributed by atoms with Gasteiger partial charge in [0.15, 0.2) is 0 Å². The van der Waals surface area contributed by atoms with Gasteiger partial charge < -0.3 is 9.67 Å². The van der Waals surface area contributed by atoms with E-state index in [4.69, 9.17) is 0 Å². The molecule has 0 amide bonds. The molecule has 0 aliphatic rings. The number of hydrogen-bond donors (Lipinski definition) is 1. The summed E-state index contributed by atoms with van der Waals surface area (Å²) >= 11 is 0. The van der Waals surface area contributed by atoms with Crippen LogP contribution in [0.15, 0.2) is 54.6 Å². The van der Waals surface area contributed by atoms with Gasteiger partial charge in [0.2, 0.25) is 0 Å². The molecule has 90 valence electrons. The molecule has 3 heteroatoms. The smallest absolute Gasteiger partial charge is 0.143 e. The average Bonchev–Trinajstić information content (AvgIpc) is 2.77. The molecule has 0 saturated carbocycles. The number of aryl methyl sites for hydroxylation is 1. The van der Waals surface area contributed by atoms with Crippen LogP contribution in [0.25, 0.3) is 11.0 Å². The van der Waals surface area contributed by atoms with Crippen molar-refractivity contribution in [3.8, 4) is 0 Å². The molecule has 1 N–H and O–H groups in total. The standard InChI is InChI=1S/C15H14N2O/c1-17-13-10-6-5-9-12(13)16-15(17)14(18)11-7-3-2-4-8-11/h2-10,14,18H,1H3. The second kappa shape index (κ2) is 4.27. The van der Waals surface area contributed by atoms with Crippen LogP contribution < -0.4 is 0 Å². The minimum absolute atomic E-state index is 0.669. The van der Waals surface area contributed by atoms with E-state index in [2.05, 4.69) is 4.98 Å². The zero-order valence-electron chi connectivity index (χ0n) is 10.1. The minimum Gasteiger partial charge on any atom is -0.380 e. The lowest BCUT2D eigenvalue weighted by Gasteiger charge is -2.10. The number of aliphatic hydroxyl groups is 1. The van der Waals surface area contributed by atoms with Crippen LogP contribution in [0.4, 0.5) is 0 Å². The molecule has 1 heterocycles. The number of hydrogen-bond acceptors (Lipinski definition) is 2. The van der Waals surface area contributed by atoms with E-state index >= 15 is 0 Å². The first-order valence-electron chi connectivity index (χ1n) is 5.92. The highest BCUT2D eigenvalue weighted by Crippen LogP contribution is 2.24. The predicted molar refractivity (Wildman–Crippen MR) is 71.2 cm³/mol. The molecule has 1 atom stereocenters. The lowest BCUT2D eigenvalue weighted by Crippen LogP contribution is -2.06. The number of para-hydroxylation sites is 2. The van der Waals surface area contributed by atoms with Gasteiger partial charge in [-0.2, -0.15) is 0 Å². The van der Waals surface area contributed by atoms with Crippen molar-refractivity contribution >= 4 is 11.0 Å². The summed E-state index contributed by atoms with van der Waals surface area (Å²) in [4.78, 5) is 4.50. The zero-order valence-corrected chi connectivity index (χ0v) is 10.1. The summed E-state index contributed by atoms with van der Waals surface area (Å²) < 4.78 is 1.94. The largest absolute Gasteiger partial charge is 0.380 e. The maximum Gasteiger partial charge on any atom is 0.143 e.